The first-order chi connectivity index (χ1) is 13.8. The number of carbonyl (C=O) groups is 1. The summed E-state index contributed by atoms with van der Waals surface area (Å²) in [5.41, 5.74) is -0.541. The summed E-state index contributed by atoms with van der Waals surface area (Å²) in [6, 6.07) is 10.4. The average Bonchev–Trinajstić information content (AvgIpc) is 3.11. The van der Waals surface area contributed by atoms with Crippen molar-refractivity contribution in [2.75, 3.05) is 13.1 Å². The number of thiazole rings is 1. The molecule has 2 heterocycles. The van der Waals surface area contributed by atoms with E-state index in [0.29, 0.717) is 41.7 Å². The monoisotopic (exact) mass is 440 g/mol. The minimum atomic E-state index is -4.57. The quantitative estimate of drug-likeness (QED) is 0.528. The third-order valence-corrected chi connectivity index (χ3v) is 6.03. The second-order valence-electron chi connectivity index (χ2n) is 6.72. The van der Waals surface area contributed by atoms with Crippen molar-refractivity contribution < 1.29 is 22.7 Å². The molecular weight excluding hydrogens is 425 g/mol. The van der Waals surface area contributed by atoms with Gasteiger partial charge in [0, 0.05) is 25.9 Å². The summed E-state index contributed by atoms with van der Waals surface area (Å²) < 4.78 is 46.4. The predicted octanol–water partition coefficient (Wildman–Crippen LogP) is 5.65. The van der Waals surface area contributed by atoms with Crippen LogP contribution in [0.25, 0.3) is 10.2 Å². The molecule has 152 valence electrons. The predicted molar refractivity (Wildman–Crippen MR) is 106 cm³/mol. The minimum absolute atomic E-state index is 0.156. The van der Waals surface area contributed by atoms with Crippen LogP contribution in [0.4, 0.5) is 13.2 Å². The normalized spacial score (nSPS) is 15.7. The number of benzene rings is 2. The van der Waals surface area contributed by atoms with Crippen LogP contribution in [-0.4, -0.2) is 35.0 Å². The van der Waals surface area contributed by atoms with Crippen LogP contribution < -0.4 is 4.74 Å². The van der Waals surface area contributed by atoms with Crippen molar-refractivity contribution in [3.8, 4) is 5.19 Å². The molecular formula is C20H16ClF3N2O2S. The third kappa shape index (κ3) is 4.18. The molecule has 0 radical (unpaired) electrons. The number of likely N-dealkylation sites (tertiary alicyclic amines) is 1. The van der Waals surface area contributed by atoms with Gasteiger partial charge in [-0.1, -0.05) is 41.1 Å². The second kappa shape index (κ2) is 7.84. The fraction of sp³-hybridized carbons (Fsp3) is 0.300. The Labute approximate surface area is 173 Å². The summed E-state index contributed by atoms with van der Waals surface area (Å²) in [5, 5.41) is 1.05. The lowest BCUT2D eigenvalue weighted by molar-refractivity contribution is -0.138. The van der Waals surface area contributed by atoms with Crippen LogP contribution in [-0.2, 0) is 6.18 Å². The van der Waals surface area contributed by atoms with Gasteiger partial charge in [-0.25, -0.2) is 4.98 Å². The SMILES string of the molecule is O=C(c1ccccc1C(F)(F)F)N1CCC(Oc2nc3c(Cl)cccc3s2)CC1. The number of amides is 1. The highest BCUT2D eigenvalue weighted by Gasteiger charge is 2.36. The number of carbonyl (C=O) groups excluding carboxylic acids is 1. The molecule has 2 aromatic carbocycles. The molecule has 0 saturated carbocycles. The van der Waals surface area contributed by atoms with E-state index >= 15 is 0 Å². The standard InChI is InChI=1S/C20H16ClF3N2O2S/c21-15-6-3-7-16-17(15)25-19(29-16)28-12-8-10-26(11-9-12)18(27)13-4-1-2-5-14(13)20(22,23)24/h1-7,12H,8-11H2. The number of piperidine rings is 1. The van der Waals surface area contributed by atoms with Gasteiger partial charge in [-0.15, -0.1) is 0 Å². The molecule has 4 rings (SSSR count). The van der Waals surface area contributed by atoms with Crippen molar-refractivity contribution >= 4 is 39.1 Å². The molecule has 3 aromatic rings. The van der Waals surface area contributed by atoms with Gasteiger partial charge in [0.2, 0.25) is 0 Å². The Kier molecular flexibility index (Phi) is 5.40. The van der Waals surface area contributed by atoms with Gasteiger partial charge in [0.1, 0.15) is 11.6 Å². The first kappa shape index (κ1) is 20.0. The van der Waals surface area contributed by atoms with Crippen LogP contribution in [0.15, 0.2) is 42.5 Å². The molecule has 0 spiro atoms. The van der Waals surface area contributed by atoms with Gasteiger partial charge in [0.15, 0.2) is 0 Å². The summed E-state index contributed by atoms with van der Waals surface area (Å²) in [6.45, 7) is 0.642. The molecule has 29 heavy (non-hydrogen) atoms. The number of para-hydroxylation sites is 1. The fourth-order valence-electron chi connectivity index (χ4n) is 3.35. The highest BCUT2D eigenvalue weighted by atomic mass is 35.5. The molecule has 0 unspecified atom stereocenters. The average molecular weight is 441 g/mol. The highest BCUT2D eigenvalue weighted by molar-refractivity contribution is 7.20. The first-order valence-electron chi connectivity index (χ1n) is 9.00. The van der Waals surface area contributed by atoms with Crippen LogP contribution in [0.3, 0.4) is 0 Å². The molecule has 1 saturated heterocycles. The number of nitrogens with zero attached hydrogens (tertiary/aromatic N) is 2. The summed E-state index contributed by atoms with van der Waals surface area (Å²) in [5.74, 6) is -0.608. The molecule has 1 amide bonds. The van der Waals surface area contributed by atoms with Crippen molar-refractivity contribution in [2.45, 2.75) is 25.1 Å². The number of aromatic nitrogens is 1. The van der Waals surface area contributed by atoms with Crippen LogP contribution in [0, 0.1) is 0 Å². The van der Waals surface area contributed by atoms with Gasteiger partial charge >= 0.3 is 6.18 Å². The lowest BCUT2D eigenvalue weighted by atomic mass is 10.0. The van der Waals surface area contributed by atoms with Gasteiger partial charge in [-0.2, -0.15) is 13.2 Å². The van der Waals surface area contributed by atoms with Gasteiger partial charge in [-0.05, 0) is 24.3 Å². The maximum absolute atomic E-state index is 13.2. The van der Waals surface area contributed by atoms with E-state index in [-0.39, 0.29) is 11.7 Å². The molecule has 0 N–H and O–H groups in total. The lowest BCUT2D eigenvalue weighted by Crippen LogP contribution is -2.42. The third-order valence-electron chi connectivity index (χ3n) is 4.81. The zero-order chi connectivity index (χ0) is 20.6. The van der Waals surface area contributed by atoms with E-state index in [0.717, 1.165) is 10.8 Å². The molecule has 1 fully saturated rings. The number of hydrogen-bond donors (Lipinski definition) is 0. The lowest BCUT2D eigenvalue weighted by Gasteiger charge is -2.32. The molecule has 1 aromatic heterocycles. The van der Waals surface area contributed by atoms with Crippen molar-refractivity contribution in [3.05, 3.63) is 58.6 Å². The highest BCUT2D eigenvalue weighted by Crippen LogP contribution is 2.34. The van der Waals surface area contributed by atoms with Crippen LogP contribution >= 0.6 is 22.9 Å². The number of fused-ring (bicyclic) bond motifs is 1. The van der Waals surface area contributed by atoms with Gasteiger partial charge in [-0.3, -0.25) is 4.79 Å². The van der Waals surface area contributed by atoms with E-state index < -0.39 is 17.6 Å². The minimum Gasteiger partial charge on any atom is -0.467 e. The number of alkyl halides is 3. The first-order valence-corrected chi connectivity index (χ1v) is 10.2. The van der Waals surface area contributed by atoms with Gasteiger partial charge in [0.05, 0.1) is 20.8 Å². The van der Waals surface area contributed by atoms with E-state index in [9.17, 15) is 18.0 Å². The van der Waals surface area contributed by atoms with Crippen LogP contribution in [0.5, 0.6) is 5.19 Å². The molecule has 0 bridgehead atoms. The van der Waals surface area contributed by atoms with Crippen molar-refractivity contribution in [3.63, 3.8) is 0 Å². The molecule has 0 aliphatic carbocycles. The number of hydrogen-bond acceptors (Lipinski definition) is 4. The van der Waals surface area contributed by atoms with Crippen molar-refractivity contribution in [1.29, 1.82) is 0 Å². The van der Waals surface area contributed by atoms with Gasteiger partial charge in [0.25, 0.3) is 11.1 Å². The maximum Gasteiger partial charge on any atom is 0.417 e. The molecule has 1 aliphatic heterocycles. The van der Waals surface area contributed by atoms with Crippen molar-refractivity contribution in [1.82, 2.24) is 9.88 Å². The zero-order valence-corrected chi connectivity index (χ0v) is 16.7. The number of ether oxygens (including phenoxy) is 1. The molecule has 0 atom stereocenters. The summed E-state index contributed by atoms with van der Waals surface area (Å²) >= 11 is 7.52. The topological polar surface area (TPSA) is 42.4 Å². The largest absolute Gasteiger partial charge is 0.467 e. The van der Waals surface area contributed by atoms with E-state index in [2.05, 4.69) is 4.98 Å². The Morgan fingerprint density at radius 3 is 2.55 bits per heavy atom. The summed E-state index contributed by atoms with van der Waals surface area (Å²) in [6.07, 6.45) is -3.69. The van der Waals surface area contributed by atoms with E-state index in [4.69, 9.17) is 16.3 Å². The van der Waals surface area contributed by atoms with Gasteiger partial charge < -0.3 is 9.64 Å². The fourth-order valence-corrected chi connectivity index (χ4v) is 4.53. The van der Waals surface area contributed by atoms with Crippen LogP contribution in [0.1, 0.15) is 28.8 Å². The van der Waals surface area contributed by atoms with E-state index in [1.54, 1.807) is 6.07 Å². The number of rotatable bonds is 3. The number of halogens is 4. The Morgan fingerprint density at radius 2 is 1.86 bits per heavy atom. The van der Waals surface area contributed by atoms with E-state index in [1.165, 1.54) is 34.4 Å². The maximum atomic E-state index is 13.2. The van der Waals surface area contributed by atoms with Crippen LogP contribution in [0.2, 0.25) is 5.02 Å². The van der Waals surface area contributed by atoms with Crippen molar-refractivity contribution in [2.24, 2.45) is 0 Å². The Morgan fingerprint density at radius 1 is 1.14 bits per heavy atom. The molecule has 9 heteroatoms. The van der Waals surface area contributed by atoms with E-state index in [1.807, 2.05) is 12.1 Å². The summed E-state index contributed by atoms with van der Waals surface area (Å²) in [7, 11) is 0. The Bertz CT molecular complexity index is 1050. The zero-order valence-electron chi connectivity index (χ0n) is 15.1. The Balaban J connectivity index is 1.42. The summed E-state index contributed by atoms with van der Waals surface area (Å²) in [4.78, 5) is 18.5. The smallest absolute Gasteiger partial charge is 0.417 e. The Hall–Kier alpha value is -2.32. The second-order valence-corrected chi connectivity index (χ2v) is 8.12. The molecule has 1 aliphatic rings. The molecule has 4 nitrogen and oxygen atoms in total.